The average molecular weight is 462 g/mol. The van der Waals surface area contributed by atoms with Crippen molar-refractivity contribution >= 4 is 21.9 Å². The second-order valence-electron chi connectivity index (χ2n) is 11.6. The third kappa shape index (κ3) is 3.34. The van der Waals surface area contributed by atoms with Gasteiger partial charge in [0, 0.05) is 28.5 Å². The SMILES string of the molecule is [2H]c1cc(C)c(-c2cccc[n+]2C)c2oc3c(-c4ccc5c(c4)C(C)(C)CCC5(C)C)cccc3c12. The van der Waals surface area contributed by atoms with Gasteiger partial charge in [0.05, 0.1) is 6.93 Å². The molecule has 35 heavy (non-hydrogen) atoms. The molecule has 0 atom stereocenters. The van der Waals surface area contributed by atoms with E-state index in [9.17, 15) is 0 Å². The Morgan fingerprint density at radius 1 is 0.829 bits per heavy atom. The first-order chi connectivity index (χ1) is 17.1. The van der Waals surface area contributed by atoms with Crippen LogP contribution in [0.3, 0.4) is 0 Å². The topological polar surface area (TPSA) is 17.0 Å². The van der Waals surface area contributed by atoms with Gasteiger partial charge in [0.1, 0.15) is 18.2 Å². The number of para-hydroxylation sites is 1. The van der Waals surface area contributed by atoms with Gasteiger partial charge in [-0.3, -0.25) is 0 Å². The number of hydrogen-bond donors (Lipinski definition) is 0. The van der Waals surface area contributed by atoms with Crippen LogP contribution >= 0.6 is 0 Å². The maximum absolute atomic E-state index is 8.84. The molecule has 3 aromatic carbocycles. The predicted octanol–water partition coefficient (Wildman–Crippen LogP) is 8.40. The summed E-state index contributed by atoms with van der Waals surface area (Å²) in [5.41, 5.74) is 10.3. The Balaban J connectivity index is 1.65. The third-order valence-corrected chi connectivity index (χ3v) is 8.24. The second kappa shape index (κ2) is 7.55. The van der Waals surface area contributed by atoms with Crippen LogP contribution in [0.2, 0.25) is 0 Å². The standard InChI is InChI=1S/C33H34NO/c1-21-13-15-25-24-11-9-10-23(30(24)35-31(25)29(21)28-12-7-8-19-34(28)6)22-14-16-26-27(20-22)33(4,5)18-17-32(26,2)3/h7-16,19-20H,17-18H2,1-6H3/q+1/i15D. The molecule has 6 rings (SSSR count). The zero-order valence-electron chi connectivity index (χ0n) is 22.6. The number of furan rings is 1. The Labute approximate surface area is 209 Å². The lowest BCUT2D eigenvalue weighted by Crippen LogP contribution is -2.33. The van der Waals surface area contributed by atoms with Gasteiger partial charge >= 0.3 is 0 Å². The first kappa shape index (κ1) is 20.9. The van der Waals surface area contributed by atoms with Gasteiger partial charge in [0.2, 0.25) is 5.69 Å². The Kier molecular flexibility index (Phi) is 4.52. The molecular weight excluding hydrogens is 426 g/mol. The molecule has 5 aromatic rings. The van der Waals surface area contributed by atoms with E-state index in [0.717, 1.165) is 44.3 Å². The summed E-state index contributed by atoms with van der Waals surface area (Å²) in [4.78, 5) is 0. The molecule has 0 fully saturated rings. The summed E-state index contributed by atoms with van der Waals surface area (Å²) >= 11 is 0. The maximum atomic E-state index is 8.84. The normalized spacial score (nSPS) is 16.9. The summed E-state index contributed by atoms with van der Waals surface area (Å²) in [7, 11) is 2.06. The van der Waals surface area contributed by atoms with E-state index in [-0.39, 0.29) is 10.8 Å². The van der Waals surface area contributed by atoms with Crippen molar-refractivity contribution in [2.24, 2.45) is 7.05 Å². The fraction of sp³-hybridized carbons (Fsp3) is 0.303. The maximum Gasteiger partial charge on any atom is 0.216 e. The highest BCUT2D eigenvalue weighted by Crippen LogP contribution is 2.48. The van der Waals surface area contributed by atoms with E-state index in [2.05, 4.69) is 101 Å². The van der Waals surface area contributed by atoms with E-state index in [1.165, 1.54) is 29.5 Å². The highest BCUT2D eigenvalue weighted by molar-refractivity contribution is 6.13. The van der Waals surface area contributed by atoms with E-state index in [4.69, 9.17) is 5.79 Å². The molecule has 0 saturated heterocycles. The molecular formula is C33H34NO+. The average Bonchev–Trinajstić information content (AvgIpc) is 3.23. The molecule has 2 heteroatoms. The highest BCUT2D eigenvalue weighted by Gasteiger charge is 2.37. The van der Waals surface area contributed by atoms with E-state index >= 15 is 0 Å². The van der Waals surface area contributed by atoms with E-state index < -0.39 is 0 Å². The van der Waals surface area contributed by atoms with E-state index in [1.807, 2.05) is 12.1 Å². The highest BCUT2D eigenvalue weighted by atomic mass is 16.3. The molecule has 2 aromatic heterocycles. The van der Waals surface area contributed by atoms with Crippen molar-refractivity contribution in [1.29, 1.82) is 0 Å². The summed E-state index contributed by atoms with van der Waals surface area (Å²) in [5, 5.41) is 1.89. The Hall–Kier alpha value is -3.39. The molecule has 0 saturated carbocycles. The van der Waals surface area contributed by atoms with Crippen LogP contribution in [-0.4, -0.2) is 0 Å². The lowest BCUT2D eigenvalue weighted by Gasteiger charge is -2.42. The van der Waals surface area contributed by atoms with Gasteiger partial charge in [-0.05, 0) is 58.9 Å². The number of nitrogens with zero attached hydrogens (tertiary/aromatic N) is 1. The Morgan fingerprint density at radius 3 is 2.37 bits per heavy atom. The fourth-order valence-electron chi connectivity index (χ4n) is 5.96. The molecule has 0 unspecified atom stereocenters. The van der Waals surface area contributed by atoms with Gasteiger partial charge in [0.15, 0.2) is 6.20 Å². The molecule has 2 heterocycles. The van der Waals surface area contributed by atoms with Gasteiger partial charge in [-0.25, -0.2) is 4.57 Å². The van der Waals surface area contributed by atoms with Crippen molar-refractivity contribution in [3.63, 3.8) is 0 Å². The van der Waals surface area contributed by atoms with Gasteiger partial charge in [0.25, 0.3) is 0 Å². The number of aromatic nitrogens is 1. The van der Waals surface area contributed by atoms with Crippen LogP contribution in [-0.2, 0) is 17.9 Å². The summed E-state index contributed by atoms with van der Waals surface area (Å²) < 4.78 is 17.7. The van der Waals surface area contributed by atoms with E-state index in [0.29, 0.717) is 6.04 Å². The third-order valence-electron chi connectivity index (χ3n) is 8.24. The van der Waals surface area contributed by atoms with Crippen molar-refractivity contribution in [3.8, 4) is 22.4 Å². The second-order valence-corrected chi connectivity index (χ2v) is 11.6. The van der Waals surface area contributed by atoms with Gasteiger partial charge < -0.3 is 4.42 Å². The lowest BCUT2D eigenvalue weighted by atomic mass is 9.63. The number of aryl methyl sites for hydroxylation is 2. The minimum absolute atomic E-state index is 0.142. The first-order valence-electron chi connectivity index (χ1n) is 13.1. The molecule has 0 aliphatic heterocycles. The first-order valence-corrected chi connectivity index (χ1v) is 12.6. The van der Waals surface area contributed by atoms with Crippen molar-refractivity contribution < 1.29 is 10.4 Å². The minimum atomic E-state index is 0.142. The van der Waals surface area contributed by atoms with Crippen LogP contribution in [0.25, 0.3) is 44.3 Å². The number of pyridine rings is 1. The molecule has 0 amide bonds. The summed E-state index contributed by atoms with van der Waals surface area (Å²) in [6.07, 6.45) is 4.45. The van der Waals surface area contributed by atoms with Crippen LogP contribution in [0.1, 0.15) is 58.6 Å². The van der Waals surface area contributed by atoms with Crippen molar-refractivity contribution in [2.45, 2.75) is 58.3 Å². The van der Waals surface area contributed by atoms with Crippen LogP contribution in [0.4, 0.5) is 0 Å². The largest absolute Gasteiger partial charge is 0.454 e. The number of hydrogen-bond acceptors (Lipinski definition) is 1. The molecule has 0 radical (unpaired) electrons. The van der Waals surface area contributed by atoms with E-state index in [1.54, 1.807) is 0 Å². The smallest absolute Gasteiger partial charge is 0.216 e. The zero-order chi connectivity index (χ0) is 25.4. The summed E-state index contributed by atoms with van der Waals surface area (Å²) in [6.45, 7) is 11.5. The van der Waals surface area contributed by atoms with Crippen LogP contribution in [0.15, 0.2) is 77.3 Å². The summed E-state index contributed by atoms with van der Waals surface area (Å²) in [5.74, 6) is 0. The van der Waals surface area contributed by atoms with Crippen molar-refractivity contribution in [3.05, 3.63) is 89.6 Å². The molecule has 0 N–H and O–H groups in total. The minimum Gasteiger partial charge on any atom is -0.454 e. The van der Waals surface area contributed by atoms with Crippen LogP contribution < -0.4 is 4.57 Å². The number of fused-ring (bicyclic) bond motifs is 4. The molecule has 176 valence electrons. The van der Waals surface area contributed by atoms with Crippen molar-refractivity contribution in [2.75, 3.05) is 0 Å². The van der Waals surface area contributed by atoms with Crippen LogP contribution in [0.5, 0.6) is 0 Å². The Morgan fingerprint density at radius 2 is 1.60 bits per heavy atom. The molecule has 0 bridgehead atoms. The molecule has 2 nitrogen and oxygen atoms in total. The predicted molar refractivity (Wildman–Crippen MR) is 146 cm³/mol. The lowest BCUT2D eigenvalue weighted by molar-refractivity contribution is -0.660. The molecule has 1 aliphatic rings. The zero-order valence-corrected chi connectivity index (χ0v) is 21.6. The number of benzene rings is 3. The van der Waals surface area contributed by atoms with Gasteiger partial charge in [-0.2, -0.15) is 0 Å². The quantitative estimate of drug-likeness (QED) is 0.241. The van der Waals surface area contributed by atoms with Gasteiger partial charge in [-0.1, -0.05) is 76.2 Å². The van der Waals surface area contributed by atoms with Crippen molar-refractivity contribution in [1.82, 2.24) is 0 Å². The monoisotopic (exact) mass is 461 g/mol. The molecule has 0 spiro atoms. The fourth-order valence-corrected chi connectivity index (χ4v) is 5.96. The number of rotatable bonds is 2. The van der Waals surface area contributed by atoms with Gasteiger partial charge in [-0.15, -0.1) is 0 Å². The molecule has 1 aliphatic carbocycles. The van der Waals surface area contributed by atoms with Crippen LogP contribution in [0, 0.1) is 6.92 Å². The Bertz CT molecular complexity index is 1670. The summed E-state index contributed by atoms with van der Waals surface area (Å²) in [6, 6.07) is 22.0.